The predicted molar refractivity (Wildman–Crippen MR) is 159 cm³/mol. The van der Waals surface area contributed by atoms with Crippen molar-refractivity contribution < 1.29 is 32.2 Å². The summed E-state index contributed by atoms with van der Waals surface area (Å²) in [6, 6.07) is 12.0. The lowest BCUT2D eigenvalue weighted by atomic mass is 10.0. The van der Waals surface area contributed by atoms with E-state index in [1.807, 2.05) is 11.9 Å². The topological polar surface area (TPSA) is 87.2 Å². The number of ether oxygens (including phenoxy) is 2. The van der Waals surface area contributed by atoms with E-state index < -0.39 is 17.6 Å². The number of nitrogens with zero attached hydrogens (tertiary/aromatic N) is 4. The Hall–Kier alpha value is -4.16. The number of likely N-dealkylation sites (tertiary alicyclic amines) is 1. The molecule has 12 heteroatoms. The molecule has 1 N–H and O–H groups in total. The second kappa shape index (κ2) is 13.6. The first-order valence-corrected chi connectivity index (χ1v) is 14.6. The summed E-state index contributed by atoms with van der Waals surface area (Å²) in [7, 11) is 3.49. The first kappa shape index (κ1) is 31.3. The third kappa shape index (κ3) is 7.67. The third-order valence-electron chi connectivity index (χ3n) is 8.02. The molecule has 2 amide bonds. The van der Waals surface area contributed by atoms with Crippen LogP contribution in [-0.4, -0.2) is 91.0 Å². The van der Waals surface area contributed by atoms with E-state index in [0.717, 1.165) is 19.2 Å². The lowest BCUT2D eigenvalue weighted by Gasteiger charge is -2.33. The molecule has 0 aliphatic carbocycles. The number of halogens is 3. The minimum Gasteiger partial charge on any atom is -0.493 e. The molecule has 234 valence electrons. The second-order valence-corrected chi connectivity index (χ2v) is 11.1. The van der Waals surface area contributed by atoms with Crippen LogP contribution in [0.2, 0.25) is 0 Å². The molecule has 2 aliphatic rings. The summed E-state index contributed by atoms with van der Waals surface area (Å²) in [5, 5.41) is 2.70. The molecule has 9 nitrogen and oxygen atoms in total. The SMILES string of the molecule is COc1ccc(NC(=O)c2ccc(CN3CCN(C)CC3)c(C(F)(F)F)c2)cc1OC1CCN(C(=O)c2cccnc2)CC1. The Morgan fingerprint density at radius 3 is 2.36 bits per heavy atom. The first-order chi connectivity index (χ1) is 21.1. The fourth-order valence-electron chi connectivity index (χ4n) is 5.44. The molecule has 3 heterocycles. The summed E-state index contributed by atoms with van der Waals surface area (Å²) in [6.07, 6.45) is -0.458. The Balaban J connectivity index is 1.24. The molecular formula is C32H36F3N5O4. The van der Waals surface area contributed by atoms with Crippen LogP contribution in [0, 0.1) is 0 Å². The molecule has 0 spiro atoms. The second-order valence-electron chi connectivity index (χ2n) is 11.1. The summed E-state index contributed by atoms with van der Waals surface area (Å²) < 4.78 is 53.8. The fourth-order valence-corrected chi connectivity index (χ4v) is 5.44. The molecule has 0 saturated carbocycles. The number of piperidine rings is 1. The number of pyridine rings is 1. The minimum atomic E-state index is -4.60. The molecule has 2 aliphatic heterocycles. The summed E-state index contributed by atoms with van der Waals surface area (Å²) in [4.78, 5) is 35.7. The van der Waals surface area contributed by atoms with E-state index in [1.54, 1.807) is 47.6 Å². The molecule has 0 atom stereocenters. The molecule has 2 saturated heterocycles. The number of aromatic nitrogens is 1. The van der Waals surface area contributed by atoms with Crippen LogP contribution in [0.15, 0.2) is 60.9 Å². The van der Waals surface area contributed by atoms with Crippen molar-refractivity contribution >= 4 is 17.5 Å². The van der Waals surface area contributed by atoms with Gasteiger partial charge in [-0.1, -0.05) is 6.07 Å². The largest absolute Gasteiger partial charge is 0.493 e. The Labute approximate surface area is 254 Å². The number of piperazine rings is 1. The molecule has 0 unspecified atom stereocenters. The van der Waals surface area contributed by atoms with Gasteiger partial charge in [0.1, 0.15) is 6.10 Å². The van der Waals surface area contributed by atoms with Crippen LogP contribution < -0.4 is 14.8 Å². The van der Waals surface area contributed by atoms with Gasteiger partial charge in [0.15, 0.2) is 11.5 Å². The normalized spacial score (nSPS) is 16.9. The van der Waals surface area contributed by atoms with Crippen LogP contribution in [0.25, 0.3) is 0 Å². The zero-order chi connectivity index (χ0) is 31.3. The first-order valence-electron chi connectivity index (χ1n) is 14.6. The van der Waals surface area contributed by atoms with Gasteiger partial charge in [0.25, 0.3) is 11.8 Å². The molecule has 44 heavy (non-hydrogen) atoms. The number of benzene rings is 2. The maximum Gasteiger partial charge on any atom is 0.416 e. The zero-order valence-corrected chi connectivity index (χ0v) is 24.8. The highest BCUT2D eigenvalue weighted by atomic mass is 19.4. The van der Waals surface area contributed by atoms with Crippen molar-refractivity contribution in [3.05, 3.63) is 83.2 Å². The van der Waals surface area contributed by atoms with Gasteiger partial charge in [-0.15, -0.1) is 0 Å². The molecule has 1 aromatic heterocycles. The number of alkyl halides is 3. The van der Waals surface area contributed by atoms with Gasteiger partial charge in [0.2, 0.25) is 0 Å². The van der Waals surface area contributed by atoms with Crippen molar-refractivity contribution in [1.29, 1.82) is 0 Å². The van der Waals surface area contributed by atoms with E-state index in [9.17, 15) is 22.8 Å². The number of anilines is 1. The van der Waals surface area contributed by atoms with Crippen LogP contribution in [0.4, 0.5) is 18.9 Å². The van der Waals surface area contributed by atoms with Crippen molar-refractivity contribution in [2.75, 3.05) is 58.7 Å². The zero-order valence-electron chi connectivity index (χ0n) is 24.8. The molecule has 2 fully saturated rings. The quantitative estimate of drug-likeness (QED) is 0.392. The van der Waals surface area contributed by atoms with Crippen LogP contribution in [0.5, 0.6) is 11.5 Å². The number of rotatable bonds is 8. The van der Waals surface area contributed by atoms with Gasteiger partial charge >= 0.3 is 6.18 Å². The number of hydrogen-bond acceptors (Lipinski definition) is 7. The van der Waals surface area contributed by atoms with Crippen molar-refractivity contribution in [1.82, 2.24) is 19.7 Å². The Bertz CT molecular complexity index is 1450. The van der Waals surface area contributed by atoms with Gasteiger partial charge in [-0.05, 0) is 49.0 Å². The highest BCUT2D eigenvalue weighted by Crippen LogP contribution is 2.35. The summed E-state index contributed by atoms with van der Waals surface area (Å²) in [6.45, 7) is 4.12. The summed E-state index contributed by atoms with van der Waals surface area (Å²) in [5.41, 5.74) is 0.126. The van der Waals surface area contributed by atoms with Gasteiger partial charge < -0.3 is 24.6 Å². The Morgan fingerprint density at radius 2 is 1.70 bits per heavy atom. The van der Waals surface area contributed by atoms with Gasteiger partial charge in [-0.2, -0.15) is 13.2 Å². The number of hydrogen-bond donors (Lipinski definition) is 1. The van der Waals surface area contributed by atoms with Gasteiger partial charge in [0, 0.05) is 88.4 Å². The number of amides is 2. The monoisotopic (exact) mass is 611 g/mol. The maximum absolute atomic E-state index is 14.0. The van der Waals surface area contributed by atoms with E-state index in [0.29, 0.717) is 61.8 Å². The van der Waals surface area contributed by atoms with Crippen molar-refractivity contribution in [3.8, 4) is 11.5 Å². The van der Waals surface area contributed by atoms with E-state index in [2.05, 4.69) is 15.2 Å². The smallest absolute Gasteiger partial charge is 0.416 e. The summed E-state index contributed by atoms with van der Waals surface area (Å²) in [5.74, 6) is 0.0881. The lowest BCUT2D eigenvalue weighted by molar-refractivity contribution is -0.138. The van der Waals surface area contributed by atoms with E-state index in [-0.39, 0.29) is 29.7 Å². The van der Waals surface area contributed by atoms with Crippen LogP contribution in [0.1, 0.15) is 44.7 Å². The average molecular weight is 612 g/mol. The number of methoxy groups -OCH3 is 1. The number of carbonyl (C=O) groups is 2. The lowest BCUT2D eigenvalue weighted by Crippen LogP contribution is -2.44. The molecule has 2 aromatic carbocycles. The minimum absolute atomic E-state index is 0.0834. The van der Waals surface area contributed by atoms with Crippen LogP contribution in [0.3, 0.4) is 0 Å². The van der Waals surface area contributed by atoms with Gasteiger partial charge in [-0.3, -0.25) is 19.5 Å². The van der Waals surface area contributed by atoms with Crippen molar-refractivity contribution in [2.24, 2.45) is 0 Å². The van der Waals surface area contributed by atoms with Crippen molar-refractivity contribution in [3.63, 3.8) is 0 Å². The number of carbonyl (C=O) groups excluding carboxylic acids is 2. The van der Waals surface area contributed by atoms with Crippen LogP contribution >= 0.6 is 0 Å². The van der Waals surface area contributed by atoms with Gasteiger partial charge in [0.05, 0.1) is 18.2 Å². The third-order valence-corrected chi connectivity index (χ3v) is 8.02. The van der Waals surface area contributed by atoms with Crippen LogP contribution in [-0.2, 0) is 12.7 Å². The predicted octanol–water partition coefficient (Wildman–Crippen LogP) is 4.79. The molecule has 0 radical (unpaired) electrons. The van der Waals surface area contributed by atoms with Crippen molar-refractivity contribution in [2.45, 2.75) is 31.7 Å². The van der Waals surface area contributed by atoms with Gasteiger partial charge in [-0.25, -0.2) is 0 Å². The highest BCUT2D eigenvalue weighted by Gasteiger charge is 2.35. The maximum atomic E-state index is 14.0. The molecular weight excluding hydrogens is 575 g/mol. The standard InChI is InChI=1S/C32H36F3N5O4/c1-38-14-16-39(17-15-38)21-24-6-5-22(18-27(24)32(33,34)35)30(41)37-25-7-8-28(43-2)29(19-25)44-26-9-12-40(13-10-26)31(42)23-4-3-11-36-20-23/h3-8,11,18-20,26H,9-10,12-17,21H2,1-2H3,(H,37,41). The summed E-state index contributed by atoms with van der Waals surface area (Å²) >= 11 is 0. The average Bonchev–Trinajstić information content (AvgIpc) is 3.02. The Kier molecular flexibility index (Phi) is 9.70. The molecule has 0 bridgehead atoms. The number of nitrogens with one attached hydrogen (secondary N) is 1. The van der Waals surface area contributed by atoms with E-state index in [4.69, 9.17) is 9.47 Å². The molecule has 5 rings (SSSR count). The molecule has 3 aromatic rings. The Morgan fingerprint density at radius 1 is 0.955 bits per heavy atom. The van der Waals surface area contributed by atoms with E-state index >= 15 is 0 Å². The highest BCUT2D eigenvalue weighted by molar-refractivity contribution is 6.04. The van der Waals surface area contributed by atoms with E-state index in [1.165, 1.54) is 19.2 Å². The number of likely N-dealkylation sites (N-methyl/N-ethyl adjacent to an activating group) is 1. The fraction of sp³-hybridized carbons (Fsp3) is 0.406.